The molecule has 0 saturated carbocycles. The lowest BCUT2D eigenvalue weighted by atomic mass is 9.90. The summed E-state index contributed by atoms with van der Waals surface area (Å²) in [6.07, 6.45) is -0.761. The predicted molar refractivity (Wildman–Crippen MR) is 170 cm³/mol. The van der Waals surface area contributed by atoms with E-state index in [1.165, 1.54) is 11.3 Å². The van der Waals surface area contributed by atoms with Gasteiger partial charge in [0, 0.05) is 30.1 Å². The summed E-state index contributed by atoms with van der Waals surface area (Å²) in [5.41, 5.74) is 2.00. The molecule has 7 heterocycles. The summed E-state index contributed by atoms with van der Waals surface area (Å²) in [6, 6.07) is 7.50. The number of morpholine rings is 1. The number of anilines is 2. The molecule has 3 aliphatic heterocycles. The Morgan fingerprint density at radius 3 is 2.73 bits per heavy atom. The fraction of sp³-hybridized carbons (Fsp3) is 0.382. The van der Waals surface area contributed by atoms with Crippen LogP contribution < -0.4 is 14.5 Å². The van der Waals surface area contributed by atoms with Crippen LogP contribution in [0.4, 0.5) is 20.3 Å². The van der Waals surface area contributed by atoms with Crippen LogP contribution >= 0.6 is 0 Å². The summed E-state index contributed by atoms with van der Waals surface area (Å²) in [7, 11) is 0. The van der Waals surface area contributed by atoms with Crippen molar-refractivity contribution >= 4 is 39.5 Å². The molecule has 3 aliphatic rings. The predicted octanol–water partition coefficient (Wildman–Crippen LogP) is 4.51. The fourth-order valence-corrected chi connectivity index (χ4v) is 6.66. The maximum absolute atomic E-state index is 14.0. The van der Waals surface area contributed by atoms with Gasteiger partial charge in [-0.25, -0.2) is 33.5 Å². The van der Waals surface area contributed by atoms with Crippen LogP contribution in [0.3, 0.4) is 0 Å². The van der Waals surface area contributed by atoms with Gasteiger partial charge >= 0.3 is 5.97 Å². The molecule has 1 aromatic carbocycles. The maximum Gasteiger partial charge on any atom is 0.326 e. The Morgan fingerprint density at radius 1 is 1.16 bits per heavy atom. The monoisotopic (exact) mass is 672 g/mol. The Bertz CT molecular complexity index is 2140. The number of aryl methyl sites for hydroxylation is 1. The van der Waals surface area contributed by atoms with E-state index >= 15 is 0 Å². The summed E-state index contributed by atoms with van der Waals surface area (Å²) >= 11 is 0. The van der Waals surface area contributed by atoms with E-state index in [0.29, 0.717) is 60.0 Å². The van der Waals surface area contributed by atoms with Crippen molar-refractivity contribution in [3.05, 3.63) is 65.8 Å². The van der Waals surface area contributed by atoms with E-state index in [1.54, 1.807) is 37.4 Å². The summed E-state index contributed by atoms with van der Waals surface area (Å²) < 4.78 is 57.6. The van der Waals surface area contributed by atoms with E-state index in [-0.39, 0.29) is 41.8 Å². The van der Waals surface area contributed by atoms with Crippen molar-refractivity contribution < 1.29 is 41.7 Å². The number of oxazole rings is 1. The first-order valence-electron chi connectivity index (χ1n) is 15.7. The number of para-hydroxylation sites is 1. The zero-order valence-electron chi connectivity index (χ0n) is 26.4. The van der Waals surface area contributed by atoms with Gasteiger partial charge in [0.15, 0.2) is 29.3 Å². The molecule has 3 fully saturated rings. The number of halogens is 2. The third kappa shape index (κ3) is 5.37. The molecule has 0 aliphatic carbocycles. The molecular formula is C34H30F2N6O7. The van der Waals surface area contributed by atoms with Gasteiger partial charge in [-0.15, -0.1) is 0 Å². The Kier molecular flexibility index (Phi) is 7.57. The highest BCUT2D eigenvalue weighted by Gasteiger charge is 2.50. The SMILES string of the molecule is Cc1ocnc1C#Cc1cnc(O[C@H]2C[C@@H](C(=O)O)N(c3nc(C(F)F)nc4c3oc3ccccc34)C2)c(N2CCOC3(COC3)[C@@H]2C)c1. The molecule has 0 unspecified atom stereocenters. The number of carboxylic acids is 1. The number of alkyl halides is 2. The molecule has 5 aromatic rings. The van der Waals surface area contributed by atoms with Crippen molar-refractivity contribution in [1.82, 2.24) is 19.9 Å². The minimum Gasteiger partial charge on any atom is -0.480 e. The summed E-state index contributed by atoms with van der Waals surface area (Å²) in [5, 5.41) is 10.8. The highest BCUT2D eigenvalue weighted by Crippen LogP contribution is 2.41. The van der Waals surface area contributed by atoms with Crippen LogP contribution in [0.5, 0.6) is 5.88 Å². The normalized spacial score (nSPS) is 21.7. The average Bonchev–Trinajstić information content (AvgIpc) is 3.80. The van der Waals surface area contributed by atoms with Crippen molar-refractivity contribution in [3.8, 4) is 17.7 Å². The number of rotatable bonds is 6. The van der Waals surface area contributed by atoms with Gasteiger partial charge in [0.25, 0.3) is 6.43 Å². The highest BCUT2D eigenvalue weighted by atomic mass is 19.3. The topological polar surface area (TPSA) is 149 Å². The Labute approximate surface area is 277 Å². The summed E-state index contributed by atoms with van der Waals surface area (Å²) in [5.74, 6) is 5.06. The van der Waals surface area contributed by atoms with Crippen LogP contribution in [-0.2, 0) is 14.3 Å². The van der Waals surface area contributed by atoms with Gasteiger partial charge in [-0.05, 0) is 38.0 Å². The van der Waals surface area contributed by atoms with Gasteiger partial charge in [0.05, 0.1) is 32.4 Å². The Morgan fingerprint density at radius 2 is 2.00 bits per heavy atom. The number of fused-ring (bicyclic) bond motifs is 3. The van der Waals surface area contributed by atoms with Crippen molar-refractivity contribution in [2.45, 2.75) is 50.5 Å². The van der Waals surface area contributed by atoms with Crippen molar-refractivity contribution in [2.24, 2.45) is 0 Å². The Balaban J connectivity index is 1.16. The lowest BCUT2D eigenvalue weighted by Gasteiger charge is -2.53. The molecule has 4 aromatic heterocycles. The molecule has 8 rings (SSSR count). The molecule has 3 atom stereocenters. The molecular weight excluding hydrogens is 642 g/mol. The van der Waals surface area contributed by atoms with Gasteiger partial charge in [0.2, 0.25) is 5.88 Å². The number of benzene rings is 1. The van der Waals surface area contributed by atoms with Crippen LogP contribution in [0.1, 0.15) is 42.6 Å². The molecule has 0 amide bonds. The summed E-state index contributed by atoms with van der Waals surface area (Å²) in [4.78, 5) is 33.2. The number of carboxylic acid groups (broad SMARTS) is 1. The molecule has 0 bridgehead atoms. The van der Waals surface area contributed by atoms with Crippen LogP contribution in [0, 0.1) is 18.8 Å². The van der Waals surface area contributed by atoms with E-state index in [9.17, 15) is 18.7 Å². The van der Waals surface area contributed by atoms with Crippen molar-refractivity contribution in [3.63, 3.8) is 0 Å². The van der Waals surface area contributed by atoms with Gasteiger partial charge < -0.3 is 38.0 Å². The fourth-order valence-electron chi connectivity index (χ4n) is 6.66. The molecule has 1 spiro atoms. The van der Waals surface area contributed by atoms with Crippen molar-refractivity contribution in [1.29, 1.82) is 0 Å². The van der Waals surface area contributed by atoms with Gasteiger partial charge in [-0.3, -0.25) is 0 Å². The number of hydrogen-bond acceptors (Lipinski definition) is 12. The number of ether oxygens (including phenoxy) is 3. The molecule has 252 valence electrons. The number of carbonyl (C=O) groups is 1. The van der Waals surface area contributed by atoms with E-state index < -0.39 is 36.0 Å². The van der Waals surface area contributed by atoms with Gasteiger partial charge in [0.1, 0.15) is 40.3 Å². The zero-order valence-corrected chi connectivity index (χ0v) is 26.4. The van der Waals surface area contributed by atoms with E-state index in [4.69, 9.17) is 23.0 Å². The molecule has 0 radical (unpaired) electrons. The smallest absolute Gasteiger partial charge is 0.326 e. The van der Waals surface area contributed by atoms with Gasteiger partial charge in [-0.1, -0.05) is 18.1 Å². The summed E-state index contributed by atoms with van der Waals surface area (Å²) in [6.45, 7) is 5.72. The first-order valence-corrected chi connectivity index (χ1v) is 15.7. The van der Waals surface area contributed by atoms with Crippen LogP contribution in [0.15, 0.2) is 51.8 Å². The second-order valence-electron chi connectivity index (χ2n) is 12.3. The Hall–Kier alpha value is -5.33. The third-order valence-electron chi connectivity index (χ3n) is 9.37. The lowest BCUT2D eigenvalue weighted by molar-refractivity contribution is -0.228. The van der Waals surface area contributed by atoms with E-state index in [0.717, 1.165) is 0 Å². The molecule has 1 N–H and O–H groups in total. The lowest BCUT2D eigenvalue weighted by Crippen LogP contribution is -2.68. The van der Waals surface area contributed by atoms with Gasteiger partial charge in [-0.2, -0.15) is 0 Å². The molecule has 49 heavy (non-hydrogen) atoms. The number of furan rings is 1. The minimum absolute atomic E-state index is 0.00730. The maximum atomic E-state index is 14.0. The largest absolute Gasteiger partial charge is 0.480 e. The number of hydrogen-bond donors (Lipinski definition) is 1. The standard InChI is InChI=1S/C34H30F2N6O7/c1-18-23(38-17-46-18)8-7-20-11-24(41-9-10-47-34(19(41)2)15-45-16-34)32(37-13-20)48-21-12-25(33(43)44)42(14-21)31-28-27(39-30(40-31)29(35)36)22-5-3-4-6-26(22)49-28/h3-6,11,13,17,19,21,25,29H,9-10,12,14-16H2,1-2H3,(H,43,44)/t19-,21-,25-/m0/s1. The zero-order chi connectivity index (χ0) is 33.9. The average molecular weight is 673 g/mol. The molecule has 13 nitrogen and oxygen atoms in total. The second-order valence-corrected chi connectivity index (χ2v) is 12.3. The second kappa shape index (κ2) is 12.0. The van der Waals surface area contributed by atoms with Crippen LogP contribution in [0.25, 0.3) is 22.1 Å². The number of nitrogens with zero attached hydrogens (tertiary/aromatic N) is 6. The highest BCUT2D eigenvalue weighted by molar-refractivity contribution is 6.06. The molecule has 3 saturated heterocycles. The quantitative estimate of drug-likeness (QED) is 0.252. The first kappa shape index (κ1) is 31.0. The van der Waals surface area contributed by atoms with Crippen LogP contribution in [0.2, 0.25) is 0 Å². The third-order valence-corrected chi connectivity index (χ3v) is 9.37. The van der Waals surface area contributed by atoms with E-state index in [1.807, 2.05) is 6.07 Å². The minimum atomic E-state index is -2.99. The van der Waals surface area contributed by atoms with E-state index in [2.05, 4.69) is 43.6 Å². The molecule has 15 heteroatoms. The van der Waals surface area contributed by atoms with Crippen molar-refractivity contribution in [2.75, 3.05) is 42.7 Å². The van der Waals surface area contributed by atoms with Crippen LogP contribution in [-0.4, -0.2) is 87.7 Å². The number of aromatic nitrogens is 4. The first-order chi connectivity index (χ1) is 23.7. The number of aliphatic carboxylic acids is 1. The number of pyridine rings is 1.